The molecule has 1 saturated carbocycles. The minimum atomic E-state index is -1.65. The van der Waals surface area contributed by atoms with Crippen LogP contribution in [0, 0.1) is 23.2 Å². The predicted molar refractivity (Wildman–Crippen MR) is 66.9 cm³/mol. The number of allylic oxidation sites excluding steroid dienone is 1. The standard InChI is InChI=1S/C14H22O4/c1-9-3-4-11-10(7-9)5-6-14(18,8-15)13(11,2)12(16)17/h5-6,9-11,15,18H,3-4,7-8H2,1-2H3,(H,16,17). The first-order chi connectivity index (χ1) is 8.35. The van der Waals surface area contributed by atoms with Crippen molar-refractivity contribution in [1.82, 2.24) is 0 Å². The Bertz CT molecular complexity index is 378. The molecule has 102 valence electrons. The molecule has 2 rings (SSSR count). The van der Waals surface area contributed by atoms with Crippen molar-refractivity contribution < 1.29 is 20.1 Å². The molecule has 3 N–H and O–H groups in total. The summed E-state index contributed by atoms with van der Waals surface area (Å²) in [5, 5.41) is 29.4. The second kappa shape index (κ2) is 4.35. The van der Waals surface area contributed by atoms with E-state index in [0.29, 0.717) is 5.92 Å². The van der Waals surface area contributed by atoms with Crippen molar-refractivity contribution in [1.29, 1.82) is 0 Å². The molecule has 0 bridgehead atoms. The van der Waals surface area contributed by atoms with Gasteiger partial charge in [0.15, 0.2) is 0 Å². The molecule has 0 radical (unpaired) electrons. The number of fused-ring (bicyclic) bond motifs is 1. The van der Waals surface area contributed by atoms with E-state index in [1.807, 2.05) is 6.08 Å². The van der Waals surface area contributed by atoms with Gasteiger partial charge in [0.25, 0.3) is 0 Å². The van der Waals surface area contributed by atoms with Crippen LogP contribution in [0.5, 0.6) is 0 Å². The zero-order valence-electron chi connectivity index (χ0n) is 11.0. The van der Waals surface area contributed by atoms with Crippen LogP contribution in [0.15, 0.2) is 12.2 Å². The van der Waals surface area contributed by atoms with Crippen molar-refractivity contribution in [3.63, 3.8) is 0 Å². The third-order valence-electron chi connectivity index (χ3n) is 5.11. The zero-order chi connectivity index (χ0) is 13.6. The molecule has 4 heteroatoms. The van der Waals surface area contributed by atoms with E-state index in [4.69, 9.17) is 0 Å². The van der Waals surface area contributed by atoms with Crippen LogP contribution in [0.3, 0.4) is 0 Å². The van der Waals surface area contributed by atoms with Gasteiger partial charge in [0.1, 0.15) is 11.0 Å². The van der Waals surface area contributed by atoms with Crippen LogP contribution in [-0.4, -0.2) is 33.5 Å². The number of rotatable bonds is 2. The van der Waals surface area contributed by atoms with Crippen LogP contribution in [0.4, 0.5) is 0 Å². The Balaban J connectivity index is 2.45. The van der Waals surface area contributed by atoms with Gasteiger partial charge in [-0.1, -0.05) is 25.5 Å². The molecule has 5 unspecified atom stereocenters. The Morgan fingerprint density at radius 3 is 2.67 bits per heavy atom. The van der Waals surface area contributed by atoms with E-state index in [0.717, 1.165) is 19.3 Å². The number of hydrogen-bond acceptors (Lipinski definition) is 3. The number of aliphatic hydroxyl groups excluding tert-OH is 1. The smallest absolute Gasteiger partial charge is 0.313 e. The molecule has 0 spiro atoms. The summed E-state index contributed by atoms with van der Waals surface area (Å²) in [6.45, 7) is 3.20. The van der Waals surface area contributed by atoms with Crippen molar-refractivity contribution in [3.8, 4) is 0 Å². The number of aliphatic carboxylic acids is 1. The zero-order valence-corrected chi connectivity index (χ0v) is 11.0. The molecule has 0 heterocycles. The number of carboxylic acids is 1. The number of hydrogen-bond donors (Lipinski definition) is 3. The fourth-order valence-corrected chi connectivity index (χ4v) is 3.69. The third-order valence-corrected chi connectivity index (χ3v) is 5.11. The molecule has 0 aromatic rings. The van der Waals surface area contributed by atoms with E-state index in [1.165, 1.54) is 6.08 Å². The largest absolute Gasteiger partial charge is 0.481 e. The first-order valence-electron chi connectivity index (χ1n) is 6.61. The van der Waals surface area contributed by atoms with Crippen molar-refractivity contribution in [2.75, 3.05) is 6.61 Å². The van der Waals surface area contributed by atoms with Crippen LogP contribution in [0.2, 0.25) is 0 Å². The SMILES string of the molecule is CC1CCC2C(C=CC(O)(CO)C2(C)C(=O)O)C1. The maximum Gasteiger partial charge on any atom is 0.313 e. The molecule has 18 heavy (non-hydrogen) atoms. The Hall–Kier alpha value is -0.870. The second-order valence-corrected chi connectivity index (χ2v) is 6.14. The summed E-state index contributed by atoms with van der Waals surface area (Å²) < 4.78 is 0. The van der Waals surface area contributed by atoms with Gasteiger partial charge in [-0.25, -0.2) is 0 Å². The minimum Gasteiger partial charge on any atom is -0.481 e. The van der Waals surface area contributed by atoms with Gasteiger partial charge in [-0.2, -0.15) is 0 Å². The second-order valence-electron chi connectivity index (χ2n) is 6.14. The minimum absolute atomic E-state index is 0.103. The molecule has 0 saturated heterocycles. The monoisotopic (exact) mass is 254 g/mol. The van der Waals surface area contributed by atoms with Gasteiger partial charge in [0.05, 0.1) is 6.61 Å². The summed E-state index contributed by atoms with van der Waals surface area (Å²) in [5.74, 6) is -0.336. The van der Waals surface area contributed by atoms with E-state index in [1.54, 1.807) is 6.92 Å². The molecule has 2 aliphatic rings. The molecular formula is C14H22O4. The number of carbonyl (C=O) groups is 1. The van der Waals surface area contributed by atoms with Crippen molar-refractivity contribution in [2.45, 2.75) is 38.7 Å². The van der Waals surface area contributed by atoms with Gasteiger partial charge >= 0.3 is 5.97 Å². The summed E-state index contributed by atoms with van der Waals surface area (Å²) in [7, 11) is 0. The maximum absolute atomic E-state index is 11.7. The first-order valence-corrected chi connectivity index (χ1v) is 6.61. The lowest BCUT2D eigenvalue weighted by molar-refractivity contribution is -0.182. The van der Waals surface area contributed by atoms with Crippen molar-refractivity contribution in [2.24, 2.45) is 23.2 Å². The highest BCUT2D eigenvalue weighted by molar-refractivity contribution is 5.77. The maximum atomic E-state index is 11.7. The molecule has 1 fully saturated rings. The molecule has 5 atom stereocenters. The van der Waals surface area contributed by atoms with Gasteiger partial charge in [-0.05, 0) is 37.5 Å². The van der Waals surface area contributed by atoms with E-state index in [-0.39, 0.29) is 11.8 Å². The Morgan fingerprint density at radius 1 is 1.44 bits per heavy atom. The van der Waals surface area contributed by atoms with Crippen LogP contribution in [-0.2, 0) is 4.79 Å². The average Bonchev–Trinajstić information content (AvgIpc) is 2.33. The van der Waals surface area contributed by atoms with Gasteiger partial charge in [-0.3, -0.25) is 4.79 Å². The molecular weight excluding hydrogens is 232 g/mol. The summed E-state index contributed by atoms with van der Waals surface area (Å²) in [6.07, 6.45) is 6.15. The van der Waals surface area contributed by atoms with E-state index < -0.39 is 23.6 Å². The van der Waals surface area contributed by atoms with Crippen molar-refractivity contribution >= 4 is 5.97 Å². The van der Waals surface area contributed by atoms with Crippen LogP contribution < -0.4 is 0 Å². The van der Waals surface area contributed by atoms with Gasteiger partial charge < -0.3 is 15.3 Å². The predicted octanol–water partition coefficient (Wildman–Crippen LogP) is 1.42. The fourth-order valence-electron chi connectivity index (χ4n) is 3.69. The Morgan fingerprint density at radius 2 is 2.11 bits per heavy atom. The van der Waals surface area contributed by atoms with E-state index >= 15 is 0 Å². The van der Waals surface area contributed by atoms with Crippen molar-refractivity contribution in [3.05, 3.63) is 12.2 Å². The third kappa shape index (κ3) is 1.70. The lowest BCUT2D eigenvalue weighted by Crippen LogP contribution is -2.60. The Kier molecular flexibility index (Phi) is 3.28. The normalized spacial score (nSPS) is 47.7. The first kappa shape index (κ1) is 13.6. The summed E-state index contributed by atoms with van der Waals surface area (Å²) in [4.78, 5) is 11.7. The fraction of sp³-hybridized carbons (Fsp3) is 0.786. The molecule has 0 aromatic heterocycles. The molecule has 0 aromatic carbocycles. The number of aliphatic hydroxyl groups is 2. The molecule has 0 amide bonds. The Labute approximate surface area is 107 Å². The lowest BCUT2D eigenvalue weighted by Gasteiger charge is -2.52. The summed E-state index contributed by atoms with van der Waals surface area (Å²) >= 11 is 0. The summed E-state index contributed by atoms with van der Waals surface area (Å²) in [6, 6.07) is 0. The topological polar surface area (TPSA) is 77.8 Å². The number of carboxylic acid groups (broad SMARTS) is 1. The highest BCUT2D eigenvalue weighted by Gasteiger charge is 2.59. The average molecular weight is 254 g/mol. The highest BCUT2D eigenvalue weighted by Crippen LogP contribution is 2.53. The van der Waals surface area contributed by atoms with Crippen LogP contribution in [0.1, 0.15) is 33.1 Å². The molecule has 2 aliphatic carbocycles. The molecule has 4 nitrogen and oxygen atoms in total. The summed E-state index contributed by atoms with van der Waals surface area (Å²) in [5.41, 5.74) is -2.96. The quantitative estimate of drug-likeness (QED) is 0.651. The van der Waals surface area contributed by atoms with Gasteiger partial charge in [0.2, 0.25) is 0 Å². The van der Waals surface area contributed by atoms with Crippen LogP contribution in [0.25, 0.3) is 0 Å². The lowest BCUT2D eigenvalue weighted by atomic mass is 9.53. The van der Waals surface area contributed by atoms with E-state index in [2.05, 4.69) is 6.92 Å². The highest BCUT2D eigenvalue weighted by atomic mass is 16.4. The van der Waals surface area contributed by atoms with Gasteiger partial charge in [-0.15, -0.1) is 0 Å². The van der Waals surface area contributed by atoms with E-state index in [9.17, 15) is 20.1 Å². The van der Waals surface area contributed by atoms with Gasteiger partial charge in [0, 0.05) is 0 Å². The molecule has 0 aliphatic heterocycles. The van der Waals surface area contributed by atoms with Crippen LogP contribution >= 0.6 is 0 Å².